The average molecular weight is 399 g/mol. The van der Waals surface area contributed by atoms with Gasteiger partial charge in [-0.15, -0.1) is 0 Å². The molecule has 0 atom stereocenters. The van der Waals surface area contributed by atoms with Crippen molar-refractivity contribution in [2.24, 2.45) is 0 Å². The van der Waals surface area contributed by atoms with Crippen LogP contribution in [0.5, 0.6) is 0 Å². The van der Waals surface area contributed by atoms with E-state index in [4.69, 9.17) is 4.74 Å². The summed E-state index contributed by atoms with van der Waals surface area (Å²) >= 11 is 0. The number of para-hydroxylation sites is 2. The van der Waals surface area contributed by atoms with E-state index in [9.17, 15) is 9.59 Å². The SMILES string of the molecule is CCOC(=O)c1ccc(NC(=O)Nc2ccccc2-c2cc3ccccc3[nH]2)cc1. The summed E-state index contributed by atoms with van der Waals surface area (Å²) in [7, 11) is 0. The molecular formula is C24H21N3O3. The van der Waals surface area contributed by atoms with E-state index in [0.29, 0.717) is 23.5 Å². The van der Waals surface area contributed by atoms with Crippen molar-refractivity contribution in [3.63, 3.8) is 0 Å². The van der Waals surface area contributed by atoms with E-state index >= 15 is 0 Å². The topological polar surface area (TPSA) is 83.2 Å². The van der Waals surface area contributed by atoms with Gasteiger partial charge in [0.25, 0.3) is 0 Å². The number of aromatic amines is 1. The van der Waals surface area contributed by atoms with Crippen LogP contribution in [-0.4, -0.2) is 23.6 Å². The normalized spacial score (nSPS) is 10.6. The van der Waals surface area contributed by atoms with E-state index in [2.05, 4.69) is 21.7 Å². The Kier molecular flexibility index (Phi) is 5.48. The number of nitrogens with one attached hydrogen (secondary N) is 3. The van der Waals surface area contributed by atoms with Crippen LogP contribution in [0.4, 0.5) is 16.2 Å². The summed E-state index contributed by atoms with van der Waals surface area (Å²) in [6.07, 6.45) is 0. The number of anilines is 2. The number of aromatic nitrogens is 1. The third kappa shape index (κ3) is 4.17. The molecule has 6 heteroatoms. The number of carbonyl (C=O) groups is 2. The first-order valence-corrected chi connectivity index (χ1v) is 9.66. The number of esters is 1. The van der Waals surface area contributed by atoms with Crippen molar-refractivity contribution >= 4 is 34.3 Å². The van der Waals surface area contributed by atoms with Crippen molar-refractivity contribution in [1.82, 2.24) is 4.98 Å². The molecule has 1 aromatic heterocycles. The molecule has 0 saturated heterocycles. The second-order valence-corrected chi connectivity index (χ2v) is 6.69. The summed E-state index contributed by atoms with van der Waals surface area (Å²) in [6, 6.07) is 23.9. The number of fused-ring (bicyclic) bond motifs is 1. The minimum absolute atomic E-state index is 0.316. The summed E-state index contributed by atoms with van der Waals surface area (Å²) in [4.78, 5) is 27.7. The number of rotatable bonds is 5. The lowest BCUT2D eigenvalue weighted by Gasteiger charge is -2.11. The zero-order valence-corrected chi connectivity index (χ0v) is 16.4. The lowest BCUT2D eigenvalue weighted by atomic mass is 10.1. The van der Waals surface area contributed by atoms with Crippen LogP contribution < -0.4 is 10.6 Å². The largest absolute Gasteiger partial charge is 0.462 e. The molecular weight excluding hydrogens is 378 g/mol. The van der Waals surface area contributed by atoms with Crippen molar-refractivity contribution in [1.29, 1.82) is 0 Å². The summed E-state index contributed by atoms with van der Waals surface area (Å²) in [5.74, 6) is -0.388. The van der Waals surface area contributed by atoms with Gasteiger partial charge in [0.05, 0.1) is 17.9 Å². The van der Waals surface area contributed by atoms with Gasteiger partial charge >= 0.3 is 12.0 Å². The Hall–Kier alpha value is -4.06. The predicted octanol–water partition coefficient (Wildman–Crippen LogP) is 5.66. The molecule has 4 rings (SSSR count). The van der Waals surface area contributed by atoms with Gasteiger partial charge in [-0.1, -0.05) is 36.4 Å². The lowest BCUT2D eigenvalue weighted by Crippen LogP contribution is -2.20. The molecule has 0 aliphatic heterocycles. The number of ether oxygens (including phenoxy) is 1. The second-order valence-electron chi connectivity index (χ2n) is 6.69. The van der Waals surface area contributed by atoms with E-state index < -0.39 is 0 Å². The highest BCUT2D eigenvalue weighted by atomic mass is 16.5. The summed E-state index contributed by atoms with van der Waals surface area (Å²) in [6.45, 7) is 2.07. The molecule has 1 heterocycles. The van der Waals surface area contributed by atoms with E-state index in [0.717, 1.165) is 22.2 Å². The van der Waals surface area contributed by atoms with Gasteiger partial charge in [0.2, 0.25) is 0 Å². The third-order valence-electron chi connectivity index (χ3n) is 4.65. The number of urea groups is 1. The highest BCUT2D eigenvalue weighted by molar-refractivity contribution is 6.03. The molecule has 0 aliphatic carbocycles. The van der Waals surface area contributed by atoms with Gasteiger partial charge in [-0.25, -0.2) is 9.59 Å². The van der Waals surface area contributed by atoms with Gasteiger partial charge in [0.15, 0.2) is 0 Å². The van der Waals surface area contributed by atoms with Crippen molar-refractivity contribution in [2.45, 2.75) is 6.92 Å². The van der Waals surface area contributed by atoms with Crippen LogP contribution in [0.2, 0.25) is 0 Å². The fourth-order valence-electron chi connectivity index (χ4n) is 3.23. The molecule has 150 valence electrons. The Morgan fingerprint density at radius 2 is 1.63 bits per heavy atom. The van der Waals surface area contributed by atoms with Crippen molar-refractivity contribution < 1.29 is 14.3 Å². The fraction of sp³-hybridized carbons (Fsp3) is 0.0833. The summed E-state index contributed by atoms with van der Waals surface area (Å²) < 4.78 is 4.96. The monoisotopic (exact) mass is 399 g/mol. The molecule has 0 radical (unpaired) electrons. The first-order chi connectivity index (χ1) is 14.6. The van der Waals surface area contributed by atoms with E-state index in [1.807, 2.05) is 48.5 Å². The molecule has 3 N–H and O–H groups in total. The molecule has 30 heavy (non-hydrogen) atoms. The number of hydrogen-bond donors (Lipinski definition) is 3. The van der Waals surface area contributed by atoms with Crippen LogP contribution >= 0.6 is 0 Å². The summed E-state index contributed by atoms with van der Waals surface area (Å²) in [5, 5.41) is 6.78. The number of carbonyl (C=O) groups excluding carboxylic acids is 2. The Morgan fingerprint density at radius 1 is 0.900 bits per heavy atom. The van der Waals surface area contributed by atoms with Crippen LogP contribution in [0.15, 0.2) is 78.9 Å². The highest BCUT2D eigenvalue weighted by Crippen LogP contribution is 2.30. The second kappa shape index (κ2) is 8.53. The van der Waals surface area contributed by atoms with Gasteiger partial charge in [-0.3, -0.25) is 0 Å². The molecule has 0 unspecified atom stereocenters. The fourth-order valence-corrected chi connectivity index (χ4v) is 3.23. The molecule has 6 nitrogen and oxygen atoms in total. The van der Waals surface area contributed by atoms with Crippen molar-refractivity contribution in [3.05, 3.63) is 84.4 Å². The summed E-state index contributed by atoms with van der Waals surface area (Å²) in [5.41, 5.74) is 4.54. The average Bonchev–Trinajstić information content (AvgIpc) is 3.19. The quantitative estimate of drug-likeness (QED) is 0.379. The van der Waals surface area contributed by atoms with Crippen molar-refractivity contribution in [3.8, 4) is 11.3 Å². The molecule has 0 bridgehead atoms. The predicted molar refractivity (Wildman–Crippen MR) is 119 cm³/mol. The number of H-pyrrole nitrogens is 1. The Morgan fingerprint density at radius 3 is 2.40 bits per heavy atom. The van der Waals surface area contributed by atoms with Crippen LogP contribution in [0.25, 0.3) is 22.2 Å². The third-order valence-corrected chi connectivity index (χ3v) is 4.65. The standard InChI is InChI=1S/C24H21N3O3/c1-2-30-23(28)16-11-13-18(14-12-16)25-24(29)27-21-10-6-4-8-19(21)22-15-17-7-3-5-9-20(17)26-22/h3-15,26H,2H2,1H3,(H2,25,27,29). The molecule has 3 aromatic carbocycles. The Balaban J connectivity index is 1.49. The molecule has 0 spiro atoms. The zero-order valence-electron chi connectivity index (χ0n) is 16.4. The van der Waals surface area contributed by atoms with Gasteiger partial charge in [0, 0.05) is 27.8 Å². The van der Waals surface area contributed by atoms with E-state index in [-0.39, 0.29) is 12.0 Å². The molecule has 0 saturated carbocycles. The number of hydrogen-bond acceptors (Lipinski definition) is 3. The minimum Gasteiger partial charge on any atom is -0.462 e. The molecule has 2 amide bonds. The van der Waals surface area contributed by atoms with Gasteiger partial charge in [0.1, 0.15) is 0 Å². The molecule has 4 aromatic rings. The number of benzene rings is 3. The highest BCUT2D eigenvalue weighted by Gasteiger charge is 2.11. The first kappa shape index (κ1) is 19.3. The van der Waals surface area contributed by atoms with Crippen molar-refractivity contribution in [2.75, 3.05) is 17.2 Å². The van der Waals surface area contributed by atoms with Gasteiger partial charge in [-0.05, 0) is 49.4 Å². The lowest BCUT2D eigenvalue weighted by molar-refractivity contribution is 0.0526. The maximum atomic E-state index is 12.5. The van der Waals surface area contributed by atoms with Crippen LogP contribution in [0, 0.1) is 0 Å². The Bertz CT molecular complexity index is 1160. The molecule has 0 aliphatic rings. The van der Waals surface area contributed by atoms with Crippen LogP contribution in [0.3, 0.4) is 0 Å². The Labute approximate surface area is 173 Å². The van der Waals surface area contributed by atoms with E-state index in [1.165, 1.54) is 0 Å². The van der Waals surface area contributed by atoms with Crippen LogP contribution in [0.1, 0.15) is 17.3 Å². The zero-order chi connectivity index (χ0) is 20.9. The maximum absolute atomic E-state index is 12.5. The van der Waals surface area contributed by atoms with Crippen LogP contribution in [-0.2, 0) is 4.74 Å². The maximum Gasteiger partial charge on any atom is 0.338 e. The first-order valence-electron chi connectivity index (χ1n) is 9.66. The van der Waals surface area contributed by atoms with Gasteiger partial charge in [-0.2, -0.15) is 0 Å². The minimum atomic E-state index is -0.388. The smallest absolute Gasteiger partial charge is 0.338 e. The van der Waals surface area contributed by atoms with E-state index in [1.54, 1.807) is 31.2 Å². The number of amides is 2. The van der Waals surface area contributed by atoms with Gasteiger partial charge < -0.3 is 20.4 Å². The molecule has 0 fully saturated rings.